The van der Waals surface area contributed by atoms with Gasteiger partial charge in [-0.1, -0.05) is 0 Å². The third-order valence-corrected chi connectivity index (χ3v) is 3.59. The van der Waals surface area contributed by atoms with E-state index < -0.39 is 0 Å². The molecule has 0 aliphatic heterocycles. The van der Waals surface area contributed by atoms with Gasteiger partial charge in [0.05, 0.1) is 39.6 Å². The van der Waals surface area contributed by atoms with Crippen molar-refractivity contribution >= 4 is 52.6 Å². The molecule has 0 unspecified atom stereocenters. The standard InChI is InChI=1S/C15H27Cl3N6O3/c16-1-7-25-10-4-20-14-21-13(19)22-15(23-14)24(5-11-26-8-2-17)6-12-27-9-3-18/h1-12H2,(H3,19,20,21,22,23). The molecule has 1 aromatic heterocycles. The van der Waals surface area contributed by atoms with Crippen LogP contribution in [0.4, 0.5) is 17.8 Å². The Morgan fingerprint density at radius 1 is 0.778 bits per heavy atom. The lowest BCUT2D eigenvalue weighted by Gasteiger charge is -2.23. The van der Waals surface area contributed by atoms with E-state index >= 15 is 0 Å². The summed E-state index contributed by atoms with van der Waals surface area (Å²) in [6.07, 6.45) is 0. The molecular formula is C15H27Cl3N6O3. The van der Waals surface area contributed by atoms with Crippen molar-refractivity contribution in [1.82, 2.24) is 15.0 Å². The fraction of sp³-hybridized carbons (Fsp3) is 0.800. The molecule has 0 amide bonds. The first-order chi connectivity index (χ1) is 13.2. The van der Waals surface area contributed by atoms with Gasteiger partial charge >= 0.3 is 0 Å². The van der Waals surface area contributed by atoms with Gasteiger partial charge < -0.3 is 30.2 Å². The van der Waals surface area contributed by atoms with E-state index in [0.717, 1.165) is 0 Å². The van der Waals surface area contributed by atoms with Crippen molar-refractivity contribution in [3.63, 3.8) is 0 Å². The minimum Gasteiger partial charge on any atom is -0.378 e. The number of alkyl halides is 3. The fourth-order valence-corrected chi connectivity index (χ4v) is 2.29. The number of hydrogen-bond acceptors (Lipinski definition) is 9. The zero-order valence-electron chi connectivity index (χ0n) is 15.2. The Labute approximate surface area is 174 Å². The summed E-state index contributed by atoms with van der Waals surface area (Å²) < 4.78 is 16.2. The molecule has 0 aliphatic rings. The molecule has 0 saturated heterocycles. The van der Waals surface area contributed by atoms with Crippen molar-refractivity contribution in [1.29, 1.82) is 0 Å². The second kappa shape index (κ2) is 16.1. The Bertz CT molecular complexity index is 492. The Kier molecular flexibility index (Phi) is 14.5. The van der Waals surface area contributed by atoms with Gasteiger partial charge in [-0.2, -0.15) is 15.0 Å². The summed E-state index contributed by atoms with van der Waals surface area (Å²) in [7, 11) is 0. The number of hydrogen-bond donors (Lipinski definition) is 2. The second-order valence-corrected chi connectivity index (χ2v) is 6.27. The zero-order chi connectivity index (χ0) is 19.7. The molecule has 0 saturated carbocycles. The Balaban J connectivity index is 2.66. The highest BCUT2D eigenvalue weighted by atomic mass is 35.5. The maximum Gasteiger partial charge on any atom is 0.232 e. The lowest BCUT2D eigenvalue weighted by Crippen LogP contribution is -2.33. The first-order valence-corrected chi connectivity index (χ1v) is 10.2. The minimum atomic E-state index is 0.123. The molecule has 12 heteroatoms. The topological polar surface area (TPSA) is 108 Å². The summed E-state index contributed by atoms with van der Waals surface area (Å²) >= 11 is 16.8. The molecule has 9 nitrogen and oxygen atoms in total. The number of anilines is 3. The van der Waals surface area contributed by atoms with Crippen molar-refractivity contribution in [2.75, 3.05) is 92.9 Å². The summed E-state index contributed by atoms with van der Waals surface area (Å²) in [5, 5.41) is 3.06. The van der Waals surface area contributed by atoms with Crippen LogP contribution in [-0.4, -0.2) is 91.9 Å². The summed E-state index contributed by atoms with van der Waals surface area (Å²) in [6, 6.07) is 0. The maximum absolute atomic E-state index is 5.83. The molecule has 0 aliphatic carbocycles. The summed E-state index contributed by atoms with van der Waals surface area (Å²) in [4.78, 5) is 14.6. The van der Waals surface area contributed by atoms with Crippen molar-refractivity contribution in [3.8, 4) is 0 Å². The van der Waals surface area contributed by atoms with E-state index in [1.807, 2.05) is 4.90 Å². The highest BCUT2D eigenvalue weighted by Gasteiger charge is 2.13. The molecular weight excluding hydrogens is 419 g/mol. The van der Waals surface area contributed by atoms with Gasteiger partial charge in [0.15, 0.2) is 0 Å². The maximum atomic E-state index is 5.83. The monoisotopic (exact) mass is 444 g/mol. The van der Waals surface area contributed by atoms with Crippen LogP contribution in [-0.2, 0) is 14.2 Å². The minimum absolute atomic E-state index is 0.123. The number of nitrogens with one attached hydrogen (secondary N) is 1. The SMILES string of the molecule is Nc1nc(NCCOCCCl)nc(N(CCOCCCl)CCOCCCl)n1. The molecule has 0 atom stereocenters. The number of aromatic nitrogens is 3. The van der Waals surface area contributed by atoms with Crippen LogP contribution >= 0.6 is 34.8 Å². The van der Waals surface area contributed by atoms with Crippen LogP contribution in [0, 0.1) is 0 Å². The van der Waals surface area contributed by atoms with Gasteiger partial charge in [-0.15, -0.1) is 34.8 Å². The largest absolute Gasteiger partial charge is 0.378 e. The average Bonchev–Trinajstić information content (AvgIpc) is 2.66. The van der Waals surface area contributed by atoms with E-state index in [1.54, 1.807) is 0 Å². The van der Waals surface area contributed by atoms with Crippen molar-refractivity contribution < 1.29 is 14.2 Å². The van der Waals surface area contributed by atoms with Gasteiger partial charge in [0.2, 0.25) is 17.8 Å². The fourth-order valence-electron chi connectivity index (χ4n) is 1.97. The van der Waals surface area contributed by atoms with Crippen LogP contribution in [0.25, 0.3) is 0 Å². The average molecular weight is 446 g/mol. The number of rotatable bonds is 17. The third-order valence-electron chi connectivity index (χ3n) is 3.13. The summed E-state index contributed by atoms with van der Waals surface area (Å²) in [5.41, 5.74) is 5.83. The Morgan fingerprint density at radius 2 is 1.33 bits per heavy atom. The van der Waals surface area contributed by atoms with E-state index in [1.165, 1.54) is 0 Å². The number of ether oxygens (including phenoxy) is 3. The Hall–Kier alpha value is -0.840. The normalized spacial score (nSPS) is 10.9. The quantitative estimate of drug-likeness (QED) is 0.272. The van der Waals surface area contributed by atoms with Crippen LogP contribution in [0.3, 0.4) is 0 Å². The van der Waals surface area contributed by atoms with Crippen LogP contribution in [0.2, 0.25) is 0 Å². The lowest BCUT2D eigenvalue weighted by molar-refractivity contribution is 0.142. The molecule has 0 bridgehead atoms. The molecule has 1 rings (SSSR count). The molecule has 1 aromatic rings. The van der Waals surface area contributed by atoms with Gasteiger partial charge in [0.25, 0.3) is 0 Å². The molecule has 27 heavy (non-hydrogen) atoms. The van der Waals surface area contributed by atoms with Gasteiger partial charge in [0.1, 0.15) is 0 Å². The molecule has 0 fully saturated rings. The van der Waals surface area contributed by atoms with E-state index in [4.69, 9.17) is 54.7 Å². The van der Waals surface area contributed by atoms with E-state index in [2.05, 4.69) is 20.3 Å². The highest BCUT2D eigenvalue weighted by Crippen LogP contribution is 2.12. The van der Waals surface area contributed by atoms with Crippen molar-refractivity contribution in [3.05, 3.63) is 0 Å². The van der Waals surface area contributed by atoms with Crippen LogP contribution in [0.1, 0.15) is 0 Å². The molecule has 0 spiro atoms. The van der Waals surface area contributed by atoms with Gasteiger partial charge in [-0.3, -0.25) is 0 Å². The molecule has 3 N–H and O–H groups in total. The van der Waals surface area contributed by atoms with E-state index in [9.17, 15) is 0 Å². The third kappa shape index (κ3) is 11.6. The second-order valence-electron chi connectivity index (χ2n) is 5.14. The lowest BCUT2D eigenvalue weighted by atomic mass is 10.5. The number of nitrogen functional groups attached to an aromatic ring is 1. The Morgan fingerprint density at radius 3 is 1.89 bits per heavy atom. The van der Waals surface area contributed by atoms with E-state index in [0.29, 0.717) is 88.8 Å². The van der Waals surface area contributed by atoms with Crippen molar-refractivity contribution in [2.45, 2.75) is 0 Å². The predicted octanol–water partition coefficient (Wildman–Crippen LogP) is 1.44. The summed E-state index contributed by atoms with van der Waals surface area (Å²) in [6.45, 7) is 4.52. The number of halogens is 3. The summed E-state index contributed by atoms with van der Waals surface area (Å²) in [5.74, 6) is 2.28. The van der Waals surface area contributed by atoms with Gasteiger partial charge in [0, 0.05) is 37.3 Å². The van der Waals surface area contributed by atoms with E-state index in [-0.39, 0.29) is 5.95 Å². The first kappa shape index (κ1) is 24.2. The predicted molar refractivity (Wildman–Crippen MR) is 110 cm³/mol. The van der Waals surface area contributed by atoms with Crippen LogP contribution in [0.15, 0.2) is 0 Å². The van der Waals surface area contributed by atoms with Crippen LogP contribution < -0.4 is 16.0 Å². The van der Waals surface area contributed by atoms with Crippen LogP contribution in [0.5, 0.6) is 0 Å². The molecule has 1 heterocycles. The first-order valence-electron chi connectivity index (χ1n) is 8.62. The number of nitrogens with zero attached hydrogens (tertiary/aromatic N) is 4. The van der Waals surface area contributed by atoms with Gasteiger partial charge in [-0.25, -0.2) is 0 Å². The van der Waals surface area contributed by atoms with Crippen molar-refractivity contribution in [2.24, 2.45) is 0 Å². The molecule has 0 aromatic carbocycles. The molecule has 0 radical (unpaired) electrons. The number of nitrogens with two attached hydrogens (primary N) is 1. The molecule has 156 valence electrons. The highest BCUT2D eigenvalue weighted by molar-refractivity contribution is 6.18. The van der Waals surface area contributed by atoms with Gasteiger partial charge in [-0.05, 0) is 0 Å². The zero-order valence-corrected chi connectivity index (χ0v) is 17.5. The smallest absolute Gasteiger partial charge is 0.232 e.